The number of hydrogen-bond donors (Lipinski definition) is 2. The van der Waals surface area contributed by atoms with Crippen LogP contribution in [-0.2, 0) is 32.6 Å². The standard InChI is InChI=1S/C23H29N3O4S/c1-16(2)22(23(28)24-15-18-8-5-4-6-9-18)25-31(29,30)20-11-12-21-19(14-20)10-7-13-26(21)17(3)27/h4-6,8-9,11-12,14,16,22,25H,7,10,13,15H2,1-3H3,(H,24,28). The van der Waals surface area contributed by atoms with Crippen molar-refractivity contribution in [2.24, 2.45) is 5.92 Å². The molecule has 8 heteroatoms. The zero-order valence-corrected chi connectivity index (χ0v) is 18.9. The highest BCUT2D eigenvalue weighted by Crippen LogP contribution is 2.29. The summed E-state index contributed by atoms with van der Waals surface area (Å²) in [6, 6.07) is 13.3. The monoisotopic (exact) mass is 443 g/mol. The topological polar surface area (TPSA) is 95.6 Å². The first-order valence-electron chi connectivity index (χ1n) is 10.4. The fourth-order valence-corrected chi connectivity index (χ4v) is 5.08. The van der Waals surface area contributed by atoms with E-state index in [2.05, 4.69) is 10.0 Å². The Morgan fingerprint density at radius 2 is 1.81 bits per heavy atom. The van der Waals surface area contributed by atoms with Crippen molar-refractivity contribution in [2.75, 3.05) is 11.4 Å². The fraction of sp³-hybridized carbons (Fsp3) is 0.391. The van der Waals surface area contributed by atoms with Gasteiger partial charge >= 0.3 is 0 Å². The molecule has 0 aliphatic carbocycles. The Balaban J connectivity index is 1.77. The molecule has 166 valence electrons. The molecule has 0 fully saturated rings. The van der Waals surface area contributed by atoms with Gasteiger partial charge in [0, 0.05) is 25.7 Å². The van der Waals surface area contributed by atoms with Crippen LogP contribution in [0, 0.1) is 5.92 Å². The van der Waals surface area contributed by atoms with Gasteiger partial charge in [0.1, 0.15) is 6.04 Å². The summed E-state index contributed by atoms with van der Waals surface area (Å²) in [4.78, 5) is 26.3. The van der Waals surface area contributed by atoms with Crippen LogP contribution in [0.2, 0.25) is 0 Å². The van der Waals surface area contributed by atoms with Gasteiger partial charge in [-0.2, -0.15) is 4.72 Å². The summed E-state index contributed by atoms with van der Waals surface area (Å²) in [5.41, 5.74) is 2.50. The molecular formula is C23H29N3O4S. The van der Waals surface area contributed by atoms with Crippen LogP contribution in [0.3, 0.4) is 0 Å². The zero-order valence-electron chi connectivity index (χ0n) is 18.1. The number of carbonyl (C=O) groups excluding carboxylic acids is 2. The highest BCUT2D eigenvalue weighted by molar-refractivity contribution is 7.89. The second-order valence-corrected chi connectivity index (χ2v) is 9.83. The summed E-state index contributed by atoms with van der Waals surface area (Å²) in [6.45, 7) is 6.05. The number of aryl methyl sites for hydroxylation is 1. The molecular weight excluding hydrogens is 414 g/mol. The summed E-state index contributed by atoms with van der Waals surface area (Å²) in [5, 5.41) is 2.81. The van der Waals surface area contributed by atoms with Gasteiger partial charge in [-0.05, 0) is 48.1 Å². The number of anilines is 1. The van der Waals surface area contributed by atoms with Crippen molar-refractivity contribution >= 4 is 27.5 Å². The van der Waals surface area contributed by atoms with Crippen molar-refractivity contribution < 1.29 is 18.0 Å². The molecule has 1 aliphatic rings. The van der Waals surface area contributed by atoms with Gasteiger partial charge in [-0.3, -0.25) is 9.59 Å². The van der Waals surface area contributed by atoms with Gasteiger partial charge in [0.25, 0.3) is 0 Å². The largest absolute Gasteiger partial charge is 0.351 e. The third-order valence-electron chi connectivity index (χ3n) is 5.40. The average molecular weight is 444 g/mol. The second kappa shape index (κ2) is 9.62. The molecule has 0 saturated heterocycles. The predicted molar refractivity (Wildman–Crippen MR) is 120 cm³/mol. The van der Waals surface area contributed by atoms with Gasteiger partial charge in [-0.15, -0.1) is 0 Å². The Morgan fingerprint density at radius 1 is 1.10 bits per heavy atom. The van der Waals surface area contributed by atoms with Crippen molar-refractivity contribution in [3.05, 3.63) is 59.7 Å². The fourth-order valence-electron chi connectivity index (χ4n) is 3.69. The second-order valence-electron chi connectivity index (χ2n) is 8.11. The zero-order chi connectivity index (χ0) is 22.6. The molecule has 2 aromatic rings. The minimum atomic E-state index is -3.92. The van der Waals surface area contributed by atoms with Gasteiger partial charge in [0.15, 0.2) is 0 Å². The van der Waals surface area contributed by atoms with Crippen LogP contribution in [0.5, 0.6) is 0 Å². The van der Waals surface area contributed by atoms with Gasteiger partial charge in [0.05, 0.1) is 4.90 Å². The Bertz CT molecular complexity index is 1050. The molecule has 2 N–H and O–H groups in total. The lowest BCUT2D eigenvalue weighted by atomic mass is 10.0. The van der Waals surface area contributed by atoms with Gasteiger partial charge in [-0.25, -0.2) is 8.42 Å². The van der Waals surface area contributed by atoms with Gasteiger partial charge in [-0.1, -0.05) is 44.2 Å². The van der Waals surface area contributed by atoms with E-state index in [0.717, 1.165) is 23.2 Å². The number of hydrogen-bond acceptors (Lipinski definition) is 4. The predicted octanol–water partition coefficient (Wildman–Crippen LogP) is 2.61. The van der Waals surface area contributed by atoms with E-state index in [4.69, 9.17) is 0 Å². The lowest BCUT2D eigenvalue weighted by Gasteiger charge is -2.29. The molecule has 0 spiro atoms. The number of nitrogens with one attached hydrogen (secondary N) is 2. The number of benzene rings is 2. The number of carbonyl (C=O) groups is 2. The van der Waals surface area contributed by atoms with Crippen molar-refractivity contribution in [1.82, 2.24) is 10.0 Å². The van der Waals surface area contributed by atoms with Crippen LogP contribution < -0.4 is 14.9 Å². The Labute approximate surface area is 183 Å². The van der Waals surface area contributed by atoms with E-state index in [9.17, 15) is 18.0 Å². The summed E-state index contributed by atoms with van der Waals surface area (Å²) < 4.78 is 28.7. The first-order valence-corrected chi connectivity index (χ1v) is 11.9. The third kappa shape index (κ3) is 5.51. The number of amides is 2. The van der Waals surface area contributed by atoms with Crippen LogP contribution in [0.1, 0.15) is 38.3 Å². The summed E-state index contributed by atoms with van der Waals surface area (Å²) in [7, 11) is -3.92. The maximum Gasteiger partial charge on any atom is 0.241 e. The first kappa shape index (κ1) is 23.0. The minimum absolute atomic E-state index is 0.0651. The van der Waals surface area contributed by atoms with Crippen LogP contribution >= 0.6 is 0 Å². The lowest BCUT2D eigenvalue weighted by Crippen LogP contribution is -2.49. The van der Waals surface area contributed by atoms with Crippen LogP contribution in [0.25, 0.3) is 0 Å². The van der Waals surface area contributed by atoms with E-state index in [1.165, 1.54) is 13.0 Å². The van der Waals surface area contributed by atoms with E-state index in [1.54, 1.807) is 30.9 Å². The van der Waals surface area contributed by atoms with Gasteiger partial charge in [0.2, 0.25) is 21.8 Å². The SMILES string of the molecule is CC(=O)N1CCCc2cc(S(=O)(=O)NC(C(=O)NCc3ccccc3)C(C)C)ccc21. The molecule has 3 rings (SSSR count). The average Bonchev–Trinajstić information content (AvgIpc) is 2.75. The highest BCUT2D eigenvalue weighted by Gasteiger charge is 2.29. The molecule has 1 atom stereocenters. The van der Waals surface area contributed by atoms with E-state index in [1.807, 2.05) is 30.3 Å². The number of nitrogens with zero attached hydrogens (tertiary/aromatic N) is 1. The molecule has 1 unspecified atom stereocenters. The molecule has 2 aromatic carbocycles. The lowest BCUT2D eigenvalue weighted by molar-refractivity contribution is -0.123. The summed E-state index contributed by atoms with van der Waals surface area (Å²) in [5.74, 6) is -0.677. The molecule has 31 heavy (non-hydrogen) atoms. The highest BCUT2D eigenvalue weighted by atomic mass is 32.2. The maximum atomic E-state index is 13.1. The summed E-state index contributed by atoms with van der Waals surface area (Å²) >= 11 is 0. The molecule has 2 amide bonds. The smallest absolute Gasteiger partial charge is 0.241 e. The molecule has 0 saturated carbocycles. The van der Waals surface area contributed by atoms with Crippen molar-refractivity contribution in [2.45, 2.75) is 51.1 Å². The van der Waals surface area contributed by atoms with E-state index >= 15 is 0 Å². The van der Waals surface area contributed by atoms with Gasteiger partial charge < -0.3 is 10.2 Å². The van der Waals surface area contributed by atoms with E-state index in [-0.39, 0.29) is 22.6 Å². The third-order valence-corrected chi connectivity index (χ3v) is 6.84. The van der Waals surface area contributed by atoms with Crippen LogP contribution in [0.15, 0.2) is 53.4 Å². The molecule has 1 heterocycles. The summed E-state index contributed by atoms with van der Waals surface area (Å²) in [6.07, 6.45) is 1.48. The Kier molecular flexibility index (Phi) is 7.12. The van der Waals surface area contributed by atoms with Crippen LogP contribution in [0.4, 0.5) is 5.69 Å². The quantitative estimate of drug-likeness (QED) is 0.688. The Morgan fingerprint density at radius 3 is 2.45 bits per heavy atom. The van der Waals surface area contributed by atoms with Crippen LogP contribution in [-0.4, -0.2) is 32.8 Å². The molecule has 7 nitrogen and oxygen atoms in total. The van der Waals surface area contributed by atoms with E-state index in [0.29, 0.717) is 19.5 Å². The van der Waals surface area contributed by atoms with Crippen molar-refractivity contribution in [3.8, 4) is 0 Å². The maximum absolute atomic E-state index is 13.1. The van der Waals surface area contributed by atoms with Crippen molar-refractivity contribution in [3.63, 3.8) is 0 Å². The first-order chi connectivity index (χ1) is 14.7. The molecule has 0 bridgehead atoms. The van der Waals surface area contributed by atoms with E-state index < -0.39 is 16.1 Å². The normalized spacial score (nSPS) is 14.8. The number of rotatable bonds is 7. The number of sulfonamides is 1. The minimum Gasteiger partial charge on any atom is -0.351 e. The Hall–Kier alpha value is -2.71. The molecule has 1 aliphatic heterocycles. The number of fused-ring (bicyclic) bond motifs is 1. The van der Waals surface area contributed by atoms with Crippen molar-refractivity contribution in [1.29, 1.82) is 0 Å². The molecule has 0 aromatic heterocycles. The molecule has 0 radical (unpaired) electrons.